The third-order valence-corrected chi connectivity index (χ3v) is 2.66. The summed E-state index contributed by atoms with van der Waals surface area (Å²) >= 11 is 4.33. The molecule has 1 heterocycles. The van der Waals surface area contributed by atoms with Crippen molar-refractivity contribution in [3.8, 4) is 0 Å². The van der Waals surface area contributed by atoms with Gasteiger partial charge in [0.25, 0.3) is 0 Å². The molecule has 2 nitrogen and oxygen atoms in total. The molecule has 15 heavy (non-hydrogen) atoms. The van der Waals surface area contributed by atoms with Crippen LogP contribution in [-0.2, 0) is 4.79 Å². The van der Waals surface area contributed by atoms with E-state index in [-0.39, 0.29) is 24.0 Å². The first kappa shape index (κ1) is 14.3. The molecule has 0 N–H and O–H groups in total. The molecular formula is C12H21NOS. The molecule has 1 rings (SSSR count). The number of nitrogens with zero attached hydrogens (tertiary/aromatic N) is 1. The van der Waals surface area contributed by atoms with Gasteiger partial charge in [-0.2, -0.15) is 12.6 Å². The second-order valence-corrected chi connectivity index (χ2v) is 5.06. The highest BCUT2D eigenvalue weighted by atomic mass is 32.1. The monoisotopic (exact) mass is 227 g/mol. The lowest BCUT2D eigenvalue weighted by molar-refractivity contribution is -0.113. The van der Waals surface area contributed by atoms with Gasteiger partial charge < -0.3 is 4.90 Å². The highest BCUT2D eigenvalue weighted by Crippen LogP contribution is 2.24. The summed E-state index contributed by atoms with van der Waals surface area (Å²) in [6.45, 7) is 7.88. The fourth-order valence-corrected chi connectivity index (χ4v) is 1.59. The largest absolute Gasteiger partial charge is 0.349 e. The topological polar surface area (TPSA) is 20.3 Å². The molecule has 1 atom stereocenters. The molecule has 3 heteroatoms. The molecule has 0 aromatic heterocycles. The molecule has 0 saturated heterocycles. The van der Waals surface area contributed by atoms with Crippen molar-refractivity contribution in [2.45, 2.75) is 45.9 Å². The molecule has 0 radical (unpaired) electrons. The Kier molecular flexibility index (Phi) is 4.65. The van der Waals surface area contributed by atoms with Crippen molar-refractivity contribution in [1.82, 2.24) is 4.90 Å². The van der Waals surface area contributed by atoms with Gasteiger partial charge in [-0.05, 0) is 27.7 Å². The molecule has 0 aromatic carbocycles. The van der Waals surface area contributed by atoms with E-state index < -0.39 is 0 Å². The van der Waals surface area contributed by atoms with Gasteiger partial charge in [-0.15, -0.1) is 0 Å². The maximum atomic E-state index is 11.3. The number of thiol groups is 1. The van der Waals surface area contributed by atoms with Gasteiger partial charge in [0, 0.05) is 23.5 Å². The van der Waals surface area contributed by atoms with Gasteiger partial charge in [0.2, 0.25) is 0 Å². The minimum absolute atomic E-state index is 0. The first-order valence-electron chi connectivity index (χ1n) is 4.70. The van der Waals surface area contributed by atoms with Gasteiger partial charge in [-0.1, -0.05) is 13.5 Å². The smallest absolute Gasteiger partial charge is 0.158 e. The fraction of sp³-hybridized carbons (Fsp3) is 0.583. The van der Waals surface area contributed by atoms with Gasteiger partial charge >= 0.3 is 0 Å². The molecule has 0 aliphatic carbocycles. The van der Waals surface area contributed by atoms with Crippen molar-refractivity contribution < 1.29 is 4.79 Å². The minimum Gasteiger partial charge on any atom is -0.349 e. The third-order valence-electron chi connectivity index (χ3n) is 2.21. The Hall–Kier alpha value is -0.700. The maximum Gasteiger partial charge on any atom is 0.158 e. The Labute approximate surface area is 98.5 Å². The SMILES string of the molecule is C.CC(=O)C1=CN(C(C)(C)C)C=C[C@@H]1S. The van der Waals surface area contributed by atoms with E-state index in [2.05, 4.69) is 33.4 Å². The van der Waals surface area contributed by atoms with Crippen molar-refractivity contribution in [1.29, 1.82) is 0 Å². The molecule has 0 amide bonds. The molecule has 1 aliphatic rings. The average molecular weight is 227 g/mol. The first-order chi connectivity index (χ1) is 6.32. The van der Waals surface area contributed by atoms with Gasteiger partial charge in [-0.25, -0.2) is 0 Å². The third kappa shape index (κ3) is 3.42. The summed E-state index contributed by atoms with van der Waals surface area (Å²) in [7, 11) is 0. The van der Waals surface area contributed by atoms with E-state index in [1.807, 2.05) is 23.4 Å². The number of hydrogen-bond acceptors (Lipinski definition) is 3. The van der Waals surface area contributed by atoms with Crippen LogP contribution in [-0.4, -0.2) is 21.5 Å². The zero-order valence-corrected chi connectivity index (χ0v) is 10.0. The molecule has 0 spiro atoms. The highest BCUT2D eigenvalue weighted by Gasteiger charge is 2.23. The van der Waals surface area contributed by atoms with Crippen molar-refractivity contribution >= 4 is 18.4 Å². The van der Waals surface area contributed by atoms with E-state index in [1.165, 1.54) is 0 Å². The lowest BCUT2D eigenvalue weighted by atomic mass is 10.0. The Balaban J connectivity index is 0.00000196. The van der Waals surface area contributed by atoms with E-state index >= 15 is 0 Å². The van der Waals surface area contributed by atoms with E-state index in [0.29, 0.717) is 0 Å². The van der Waals surface area contributed by atoms with Crippen LogP contribution in [0.2, 0.25) is 0 Å². The minimum atomic E-state index is -0.0638. The lowest BCUT2D eigenvalue weighted by Gasteiger charge is -2.35. The maximum absolute atomic E-state index is 11.3. The van der Waals surface area contributed by atoms with E-state index in [1.54, 1.807) is 6.92 Å². The van der Waals surface area contributed by atoms with Crippen LogP contribution in [0.3, 0.4) is 0 Å². The summed E-state index contributed by atoms with van der Waals surface area (Å²) in [5.41, 5.74) is 0.760. The van der Waals surface area contributed by atoms with E-state index in [9.17, 15) is 4.79 Å². The summed E-state index contributed by atoms with van der Waals surface area (Å²) in [4.78, 5) is 13.3. The zero-order chi connectivity index (χ0) is 10.9. The van der Waals surface area contributed by atoms with Crippen molar-refractivity contribution in [2.75, 3.05) is 0 Å². The van der Waals surface area contributed by atoms with Crippen LogP contribution in [0, 0.1) is 0 Å². The summed E-state index contributed by atoms with van der Waals surface area (Å²) in [6.07, 6.45) is 5.80. The Morgan fingerprint density at radius 1 is 1.47 bits per heavy atom. The number of carbonyl (C=O) groups is 1. The standard InChI is InChI=1S/C11H17NOS.CH4/c1-8(13)9-7-12(11(2,3)4)6-5-10(9)14;/h5-7,10,14H,1-4H3;1H4/t10-;/m0./s1. The summed E-state index contributed by atoms with van der Waals surface area (Å²) in [6, 6.07) is 0. The Morgan fingerprint density at radius 2 is 2.00 bits per heavy atom. The van der Waals surface area contributed by atoms with Gasteiger partial charge in [-0.3, -0.25) is 4.79 Å². The number of Topliss-reactive ketones (excluding diaryl/α,β-unsaturated/α-hetero) is 1. The predicted octanol–water partition coefficient (Wildman–Crippen LogP) is 3.02. The quantitative estimate of drug-likeness (QED) is 0.695. The van der Waals surface area contributed by atoms with Crippen LogP contribution >= 0.6 is 12.6 Å². The second kappa shape index (κ2) is 4.88. The van der Waals surface area contributed by atoms with E-state index in [0.717, 1.165) is 5.57 Å². The Bertz CT molecular complexity index is 299. The van der Waals surface area contributed by atoms with Crippen LogP contribution in [0.1, 0.15) is 35.1 Å². The van der Waals surface area contributed by atoms with Crippen LogP contribution in [0.4, 0.5) is 0 Å². The molecule has 0 unspecified atom stereocenters. The second-order valence-electron chi connectivity index (χ2n) is 4.51. The number of rotatable bonds is 1. The van der Waals surface area contributed by atoms with Crippen LogP contribution in [0.25, 0.3) is 0 Å². The van der Waals surface area contributed by atoms with Gasteiger partial charge in [0.05, 0.1) is 5.25 Å². The highest BCUT2D eigenvalue weighted by molar-refractivity contribution is 7.81. The Morgan fingerprint density at radius 3 is 2.40 bits per heavy atom. The summed E-state index contributed by atoms with van der Waals surface area (Å²) < 4.78 is 0. The normalized spacial score (nSPS) is 20.7. The molecule has 86 valence electrons. The molecule has 1 aliphatic heterocycles. The number of ketones is 1. The number of carbonyl (C=O) groups excluding carboxylic acids is 1. The summed E-state index contributed by atoms with van der Waals surface area (Å²) in [5, 5.41) is -0.0638. The average Bonchev–Trinajstić information content (AvgIpc) is 2.02. The molecule has 0 bridgehead atoms. The summed E-state index contributed by atoms with van der Waals surface area (Å²) in [5.74, 6) is 0.0867. The van der Waals surface area contributed by atoms with Crippen LogP contribution in [0.15, 0.2) is 24.0 Å². The molecule has 0 saturated carbocycles. The molecule has 0 fully saturated rings. The van der Waals surface area contributed by atoms with Crippen molar-refractivity contribution in [2.24, 2.45) is 0 Å². The van der Waals surface area contributed by atoms with Crippen molar-refractivity contribution in [3.05, 3.63) is 24.0 Å². The molecular weight excluding hydrogens is 206 g/mol. The van der Waals surface area contributed by atoms with Crippen molar-refractivity contribution in [3.63, 3.8) is 0 Å². The van der Waals surface area contributed by atoms with Crippen LogP contribution < -0.4 is 0 Å². The lowest BCUT2D eigenvalue weighted by Crippen LogP contribution is -2.36. The number of hydrogen-bond donors (Lipinski definition) is 1. The van der Waals surface area contributed by atoms with E-state index in [4.69, 9.17) is 0 Å². The molecule has 0 aromatic rings. The fourth-order valence-electron chi connectivity index (χ4n) is 1.26. The van der Waals surface area contributed by atoms with Gasteiger partial charge in [0.1, 0.15) is 0 Å². The zero-order valence-electron chi connectivity index (χ0n) is 9.11. The van der Waals surface area contributed by atoms with Crippen LogP contribution in [0.5, 0.6) is 0 Å². The predicted molar refractivity (Wildman–Crippen MR) is 69.0 cm³/mol. The first-order valence-corrected chi connectivity index (χ1v) is 5.21. The van der Waals surface area contributed by atoms with Gasteiger partial charge in [0.15, 0.2) is 5.78 Å².